The minimum Gasteiger partial charge on any atom is -0.392 e. The van der Waals surface area contributed by atoms with Gasteiger partial charge in [-0.15, -0.1) is 0 Å². The molecule has 0 spiro atoms. The van der Waals surface area contributed by atoms with E-state index in [-0.39, 0.29) is 25.1 Å². The Morgan fingerprint density at radius 3 is 2.46 bits per heavy atom. The van der Waals surface area contributed by atoms with Crippen molar-refractivity contribution in [1.29, 1.82) is 0 Å². The van der Waals surface area contributed by atoms with E-state index < -0.39 is 33.6 Å². The average Bonchev–Trinajstić information content (AvgIpc) is 2.85. The number of hydrogen-bond donors (Lipinski definition) is 4. The Labute approximate surface area is 157 Å². The van der Waals surface area contributed by atoms with Crippen LogP contribution in [-0.2, 0) is 14.8 Å². The number of sulfonamides is 1. The van der Waals surface area contributed by atoms with E-state index in [1.165, 1.54) is 0 Å². The Bertz CT molecular complexity index is 590. The van der Waals surface area contributed by atoms with E-state index in [1.54, 1.807) is 6.08 Å². The van der Waals surface area contributed by atoms with Crippen LogP contribution in [0.4, 0.5) is 0 Å². The fraction of sp³-hybridized carbons (Fsp3) is 0.833. The molecule has 0 bridgehead atoms. The molecule has 0 heterocycles. The molecule has 0 aromatic carbocycles. The number of allylic oxidation sites excluding steroid dienone is 1. The molecule has 1 aliphatic carbocycles. The summed E-state index contributed by atoms with van der Waals surface area (Å²) in [5, 5.41) is 21.0. The van der Waals surface area contributed by atoms with Gasteiger partial charge in [-0.3, -0.25) is 4.79 Å². The van der Waals surface area contributed by atoms with Crippen molar-refractivity contribution in [3.8, 4) is 0 Å². The molecule has 5 N–H and O–H groups in total. The highest BCUT2D eigenvalue weighted by atomic mass is 32.2. The molecule has 8 heteroatoms. The molecule has 1 rings (SSSR count). The van der Waals surface area contributed by atoms with Crippen molar-refractivity contribution in [1.82, 2.24) is 4.72 Å². The van der Waals surface area contributed by atoms with Gasteiger partial charge in [0.1, 0.15) is 0 Å². The standard InChI is InChI=1S/C18H34N2O5S/c1-3-5-7-9-14(17(19)22)15-11-18(23,12-16(15)21)13-20-26(24,25)10-8-6-4-2/h9,15-16,20-21,23H,3-8,10-13H2,1-2H3,(H2,19,22). The van der Waals surface area contributed by atoms with Gasteiger partial charge in [0, 0.05) is 24.5 Å². The summed E-state index contributed by atoms with van der Waals surface area (Å²) < 4.78 is 26.5. The summed E-state index contributed by atoms with van der Waals surface area (Å²) in [5.41, 5.74) is 4.39. The lowest BCUT2D eigenvalue weighted by atomic mass is 9.92. The van der Waals surface area contributed by atoms with Crippen molar-refractivity contribution in [3.05, 3.63) is 11.6 Å². The summed E-state index contributed by atoms with van der Waals surface area (Å²) in [7, 11) is -3.47. The number of unbranched alkanes of at least 4 members (excludes halogenated alkanes) is 4. The van der Waals surface area contributed by atoms with Crippen LogP contribution in [-0.4, -0.2) is 48.5 Å². The van der Waals surface area contributed by atoms with Crippen LogP contribution in [0.15, 0.2) is 11.6 Å². The highest BCUT2D eigenvalue weighted by Gasteiger charge is 2.46. The van der Waals surface area contributed by atoms with Crippen molar-refractivity contribution in [2.75, 3.05) is 12.3 Å². The highest BCUT2D eigenvalue weighted by Crippen LogP contribution is 2.39. The molecule has 0 aromatic heterocycles. The number of carbonyl (C=O) groups excluding carboxylic acids is 1. The Hall–Kier alpha value is -0.960. The first kappa shape index (κ1) is 23.1. The van der Waals surface area contributed by atoms with Crippen molar-refractivity contribution < 1.29 is 23.4 Å². The number of aliphatic hydroxyl groups excluding tert-OH is 1. The van der Waals surface area contributed by atoms with E-state index in [2.05, 4.69) is 4.72 Å². The molecular formula is C18H34N2O5S. The summed E-state index contributed by atoms with van der Waals surface area (Å²) >= 11 is 0. The molecule has 0 aromatic rings. The molecule has 0 aliphatic heterocycles. The maximum absolute atomic E-state index is 12.0. The molecule has 7 nitrogen and oxygen atoms in total. The maximum Gasteiger partial charge on any atom is 0.244 e. The van der Waals surface area contributed by atoms with Gasteiger partial charge in [0.15, 0.2) is 0 Å². The van der Waals surface area contributed by atoms with Gasteiger partial charge in [-0.25, -0.2) is 13.1 Å². The quantitative estimate of drug-likeness (QED) is 0.294. The summed E-state index contributed by atoms with van der Waals surface area (Å²) in [6.45, 7) is 3.86. The summed E-state index contributed by atoms with van der Waals surface area (Å²) in [6.07, 6.45) is 5.80. The molecular weight excluding hydrogens is 356 g/mol. The lowest BCUT2D eigenvalue weighted by Crippen LogP contribution is -2.42. The minimum atomic E-state index is -3.47. The summed E-state index contributed by atoms with van der Waals surface area (Å²) in [4.78, 5) is 11.8. The number of amides is 1. The van der Waals surface area contributed by atoms with E-state index in [1.807, 2.05) is 13.8 Å². The summed E-state index contributed by atoms with van der Waals surface area (Å²) in [5.74, 6) is -1.15. The number of primary amides is 1. The fourth-order valence-corrected chi connectivity index (χ4v) is 4.59. The van der Waals surface area contributed by atoms with Crippen LogP contribution in [0, 0.1) is 5.92 Å². The summed E-state index contributed by atoms with van der Waals surface area (Å²) in [6, 6.07) is 0. The molecule has 3 unspecified atom stereocenters. The number of aliphatic hydroxyl groups is 2. The molecule has 1 fully saturated rings. The number of nitrogens with two attached hydrogens (primary N) is 1. The number of carbonyl (C=O) groups is 1. The molecule has 3 atom stereocenters. The normalized spacial score (nSPS) is 27.0. The third-order valence-electron chi connectivity index (χ3n) is 4.90. The van der Waals surface area contributed by atoms with Gasteiger partial charge in [-0.2, -0.15) is 0 Å². The molecule has 26 heavy (non-hydrogen) atoms. The van der Waals surface area contributed by atoms with Gasteiger partial charge >= 0.3 is 0 Å². The van der Waals surface area contributed by atoms with Crippen molar-refractivity contribution in [2.24, 2.45) is 11.7 Å². The zero-order valence-electron chi connectivity index (χ0n) is 15.9. The lowest BCUT2D eigenvalue weighted by molar-refractivity contribution is -0.115. The van der Waals surface area contributed by atoms with E-state index >= 15 is 0 Å². The van der Waals surface area contributed by atoms with Gasteiger partial charge in [0.2, 0.25) is 15.9 Å². The van der Waals surface area contributed by atoms with Crippen LogP contribution >= 0.6 is 0 Å². The highest BCUT2D eigenvalue weighted by molar-refractivity contribution is 7.89. The van der Waals surface area contributed by atoms with Crippen molar-refractivity contribution in [3.63, 3.8) is 0 Å². The molecule has 152 valence electrons. The minimum absolute atomic E-state index is 0.00748. The van der Waals surface area contributed by atoms with E-state index in [0.717, 1.165) is 25.7 Å². The first-order valence-electron chi connectivity index (χ1n) is 9.51. The Kier molecular flexibility index (Phi) is 9.23. The van der Waals surface area contributed by atoms with Crippen LogP contribution in [0.3, 0.4) is 0 Å². The average molecular weight is 391 g/mol. The van der Waals surface area contributed by atoms with Crippen LogP contribution in [0.2, 0.25) is 0 Å². The molecule has 1 amide bonds. The SMILES string of the molecule is CCCCC=C(C(N)=O)C1CC(O)(CNS(=O)(=O)CCCCC)CC1O. The second-order valence-corrected chi connectivity index (χ2v) is 9.25. The number of hydrogen-bond acceptors (Lipinski definition) is 5. The van der Waals surface area contributed by atoms with E-state index in [4.69, 9.17) is 5.73 Å². The van der Waals surface area contributed by atoms with Crippen LogP contribution < -0.4 is 10.5 Å². The molecule has 1 aliphatic rings. The molecule has 0 saturated heterocycles. The first-order valence-corrected chi connectivity index (χ1v) is 11.2. The second kappa shape index (κ2) is 10.4. The predicted octanol–water partition coefficient (Wildman–Crippen LogP) is 1.20. The Morgan fingerprint density at radius 1 is 1.23 bits per heavy atom. The van der Waals surface area contributed by atoms with E-state index in [0.29, 0.717) is 18.4 Å². The van der Waals surface area contributed by atoms with Gasteiger partial charge in [-0.1, -0.05) is 45.6 Å². The molecule has 0 radical (unpaired) electrons. The van der Waals surface area contributed by atoms with Gasteiger partial charge in [0.05, 0.1) is 17.5 Å². The number of rotatable bonds is 12. The first-order chi connectivity index (χ1) is 12.1. The predicted molar refractivity (Wildman–Crippen MR) is 102 cm³/mol. The largest absolute Gasteiger partial charge is 0.392 e. The fourth-order valence-electron chi connectivity index (χ4n) is 3.38. The van der Waals surface area contributed by atoms with Gasteiger partial charge in [-0.05, 0) is 19.3 Å². The molecule has 1 saturated carbocycles. The number of nitrogens with one attached hydrogen (secondary N) is 1. The van der Waals surface area contributed by atoms with Crippen LogP contribution in [0.1, 0.15) is 65.2 Å². The van der Waals surface area contributed by atoms with Crippen LogP contribution in [0.5, 0.6) is 0 Å². The van der Waals surface area contributed by atoms with E-state index in [9.17, 15) is 23.4 Å². The zero-order chi connectivity index (χ0) is 19.8. The maximum atomic E-state index is 12.0. The zero-order valence-corrected chi connectivity index (χ0v) is 16.7. The monoisotopic (exact) mass is 390 g/mol. The van der Waals surface area contributed by atoms with Crippen molar-refractivity contribution in [2.45, 2.75) is 76.9 Å². The van der Waals surface area contributed by atoms with Crippen LogP contribution in [0.25, 0.3) is 0 Å². The second-order valence-electron chi connectivity index (χ2n) is 7.32. The van der Waals surface area contributed by atoms with Gasteiger partial charge < -0.3 is 15.9 Å². The Balaban J connectivity index is 2.72. The lowest BCUT2D eigenvalue weighted by Gasteiger charge is -2.23. The smallest absolute Gasteiger partial charge is 0.244 e. The van der Waals surface area contributed by atoms with Gasteiger partial charge in [0.25, 0.3) is 0 Å². The third-order valence-corrected chi connectivity index (χ3v) is 6.31. The Morgan fingerprint density at radius 2 is 1.88 bits per heavy atom. The third kappa shape index (κ3) is 7.34. The topological polar surface area (TPSA) is 130 Å². The van der Waals surface area contributed by atoms with Crippen molar-refractivity contribution >= 4 is 15.9 Å².